The van der Waals surface area contributed by atoms with Crippen molar-refractivity contribution in [2.24, 2.45) is 0 Å². The second-order valence-corrected chi connectivity index (χ2v) is 6.57. The van der Waals surface area contributed by atoms with Crippen LogP contribution in [0.3, 0.4) is 0 Å². The Morgan fingerprint density at radius 3 is 2.08 bits per heavy atom. The van der Waals surface area contributed by atoms with Crippen LogP contribution in [0.15, 0.2) is 60.7 Å². The number of carbonyl (C=O) groups excluding carboxylic acids is 1. The Morgan fingerprint density at radius 1 is 1.08 bits per heavy atom. The van der Waals surface area contributed by atoms with Crippen LogP contribution >= 0.6 is 0 Å². The molecule has 1 heterocycles. The molecule has 0 aliphatic carbocycles. The third-order valence-corrected chi connectivity index (χ3v) is 4.98. The van der Waals surface area contributed by atoms with Crippen molar-refractivity contribution in [3.63, 3.8) is 0 Å². The van der Waals surface area contributed by atoms with Crippen molar-refractivity contribution >= 4 is 11.9 Å². The maximum Gasteiger partial charge on any atom is 0.326 e. The molecule has 0 aromatic heterocycles. The van der Waals surface area contributed by atoms with E-state index in [-0.39, 0.29) is 24.3 Å². The Labute approximate surface area is 153 Å². The van der Waals surface area contributed by atoms with Crippen molar-refractivity contribution in [2.75, 3.05) is 13.7 Å². The van der Waals surface area contributed by atoms with Gasteiger partial charge in [0.05, 0.1) is 6.10 Å². The Hall–Kier alpha value is -2.66. The maximum atomic E-state index is 13.0. The number of hydrogen-bond donors (Lipinski definition) is 1. The van der Waals surface area contributed by atoms with Gasteiger partial charge in [-0.3, -0.25) is 4.79 Å². The largest absolute Gasteiger partial charge is 0.480 e. The highest BCUT2D eigenvalue weighted by atomic mass is 16.5. The molecule has 136 valence electrons. The second-order valence-electron chi connectivity index (χ2n) is 6.57. The minimum Gasteiger partial charge on any atom is -0.480 e. The molecule has 2 aromatic carbocycles. The fraction of sp³-hybridized carbons (Fsp3) is 0.333. The number of carbonyl (C=O) groups is 2. The minimum atomic E-state index is -0.978. The minimum absolute atomic E-state index is 0.110. The molecule has 5 heteroatoms. The standard InChI is InChI=1S/C21H23NO4/c1-26-17-12-19(21(24)25)22(14-17)20(23)13-18(15-8-4-2-5-9-15)16-10-6-3-7-11-16/h2-11,17-19H,12-14H2,1H3,(H,24,25). The summed E-state index contributed by atoms with van der Waals surface area (Å²) in [7, 11) is 1.55. The number of benzene rings is 2. The topological polar surface area (TPSA) is 66.8 Å². The van der Waals surface area contributed by atoms with Crippen LogP contribution < -0.4 is 0 Å². The number of nitrogens with zero attached hydrogens (tertiary/aromatic N) is 1. The number of likely N-dealkylation sites (tertiary alicyclic amines) is 1. The number of methoxy groups -OCH3 is 1. The van der Waals surface area contributed by atoms with E-state index in [1.54, 1.807) is 7.11 Å². The molecule has 0 bridgehead atoms. The Kier molecular flexibility index (Phi) is 5.68. The van der Waals surface area contributed by atoms with Crippen LogP contribution in [0.5, 0.6) is 0 Å². The van der Waals surface area contributed by atoms with Gasteiger partial charge >= 0.3 is 5.97 Å². The third kappa shape index (κ3) is 3.94. The predicted molar refractivity (Wildman–Crippen MR) is 97.9 cm³/mol. The fourth-order valence-corrected chi connectivity index (χ4v) is 3.57. The number of rotatable bonds is 6. The van der Waals surface area contributed by atoms with Gasteiger partial charge in [0, 0.05) is 32.4 Å². The van der Waals surface area contributed by atoms with Crippen LogP contribution in [-0.4, -0.2) is 47.7 Å². The molecule has 26 heavy (non-hydrogen) atoms. The first-order valence-corrected chi connectivity index (χ1v) is 8.75. The van der Waals surface area contributed by atoms with Gasteiger partial charge in [-0.2, -0.15) is 0 Å². The van der Waals surface area contributed by atoms with Crippen LogP contribution in [0.2, 0.25) is 0 Å². The number of ether oxygens (including phenoxy) is 1. The Bertz CT molecular complexity index is 708. The van der Waals surface area contributed by atoms with E-state index in [1.807, 2.05) is 60.7 Å². The quantitative estimate of drug-likeness (QED) is 0.867. The second kappa shape index (κ2) is 8.15. The van der Waals surface area contributed by atoms with Gasteiger partial charge in [0.15, 0.2) is 0 Å². The van der Waals surface area contributed by atoms with E-state index in [1.165, 1.54) is 4.90 Å². The van der Waals surface area contributed by atoms with Crippen molar-refractivity contribution in [1.82, 2.24) is 4.90 Å². The molecule has 1 fully saturated rings. The average Bonchev–Trinajstić information content (AvgIpc) is 3.12. The van der Waals surface area contributed by atoms with E-state index in [0.29, 0.717) is 13.0 Å². The van der Waals surface area contributed by atoms with Gasteiger partial charge in [-0.1, -0.05) is 60.7 Å². The van der Waals surface area contributed by atoms with E-state index >= 15 is 0 Å². The van der Waals surface area contributed by atoms with Crippen molar-refractivity contribution < 1.29 is 19.4 Å². The summed E-state index contributed by atoms with van der Waals surface area (Å²) >= 11 is 0. The molecule has 1 saturated heterocycles. The molecule has 2 unspecified atom stereocenters. The summed E-state index contributed by atoms with van der Waals surface area (Å²) in [4.78, 5) is 26.0. The molecule has 1 N–H and O–H groups in total. The molecule has 2 aromatic rings. The van der Waals surface area contributed by atoms with Crippen LogP contribution in [0.25, 0.3) is 0 Å². The number of carboxylic acid groups (broad SMARTS) is 1. The Morgan fingerprint density at radius 2 is 1.62 bits per heavy atom. The summed E-state index contributed by atoms with van der Waals surface area (Å²) in [5.41, 5.74) is 2.09. The first-order chi connectivity index (χ1) is 12.6. The summed E-state index contributed by atoms with van der Waals surface area (Å²) in [5, 5.41) is 9.46. The first kappa shape index (κ1) is 18.1. The molecule has 0 radical (unpaired) electrons. The van der Waals surface area contributed by atoms with Gasteiger partial charge < -0.3 is 14.7 Å². The molecule has 0 spiro atoms. The van der Waals surface area contributed by atoms with E-state index in [2.05, 4.69) is 0 Å². The fourth-order valence-electron chi connectivity index (χ4n) is 3.57. The van der Waals surface area contributed by atoms with Crippen molar-refractivity contribution in [3.05, 3.63) is 71.8 Å². The van der Waals surface area contributed by atoms with E-state index in [0.717, 1.165) is 11.1 Å². The monoisotopic (exact) mass is 353 g/mol. The molecule has 5 nitrogen and oxygen atoms in total. The average molecular weight is 353 g/mol. The number of aliphatic carboxylic acids is 1. The van der Waals surface area contributed by atoms with Crippen molar-refractivity contribution in [1.29, 1.82) is 0 Å². The highest BCUT2D eigenvalue weighted by Crippen LogP contribution is 2.30. The first-order valence-electron chi connectivity index (χ1n) is 8.75. The van der Waals surface area contributed by atoms with Crippen molar-refractivity contribution in [3.8, 4) is 0 Å². The normalized spacial score (nSPS) is 19.7. The molecule has 3 rings (SSSR count). The van der Waals surface area contributed by atoms with Gasteiger partial charge in [-0.15, -0.1) is 0 Å². The van der Waals surface area contributed by atoms with Gasteiger partial charge in [0.1, 0.15) is 6.04 Å². The zero-order valence-corrected chi connectivity index (χ0v) is 14.7. The highest BCUT2D eigenvalue weighted by Gasteiger charge is 2.40. The van der Waals surface area contributed by atoms with Crippen LogP contribution in [0.1, 0.15) is 29.9 Å². The Balaban J connectivity index is 1.85. The molecule has 1 aliphatic heterocycles. The number of carboxylic acids is 1. The summed E-state index contributed by atoms with van der Waals surface area (Å²) < 4.78 is 5.29. The van der Waals surface area contributed by atoms with Gasteiger partial charge in [0.2, 0.25) is 5.91 Å². The number of amides is 1. The molecular formula is C21H23NO4. The number of hydrogen-bond acceptors (Lipinski definition) is 3. The smallest absolute Gasteiger partial charge is 0.326 e. The highest BCUT2D eigenvalue weighted by molar-refractivity contribution is 5.85. The lowest BCUT2D eigenvalue weighted by atomic mass is 9.88. The lowest BCUT2D eigenvalue weighted by molar-refractivity contribution is -0.148. The molecule has 1 aliphatic rings. The summed E-state index contributed by atoms with van der Waals surface area (Å²) in [6.45, 7) is 0.322. The summed E-state index contributed by atoms with van der Waals surface area (Å²) in [5.74, 6) is -1.25. The maximum absolute atomic E-state index is 13.0. The van der Waals surface area contributed by atoms with Gasteiger partial charge in [-0.05, 0) is 11.1 Å². The van der Waals surface area contributed by atoms with Crippen LogP contribution in [0, 0.1) is 0 Å². The van der Waals surface area contributed by atoms with Crippen LogP contribution in [-0.2, 0) is 14.3 Å². The summed E-state index contributed by atoms with van der Waals surface area (Å²) in [6.07, 6.45) is 0.333. The van der Waals surface area contributed by atoms with Gasteiger partial charge in [0.25, 0.3) is 0 Å². The predicted octanol–water partition coefficient (Wildman–Crippen LogP) is 2.91. The lowest BCUT2D eigenvalue weighted by Crippen LogP contribution is -2.41. The van der Waals surface area contributed by atoms with Gasteiger partial charge in [-0.25, -0.2) is 4.79 Å². The SMILES string of the molecule is COC1CC(C(=O)O)N(C(=O)CC(c2ccccc2)c2ccccc2)C1. The van der Waals surface area contributed by atoms with Crippen LogP contribution in [0.4, 0.5) is 0 Å². The molecule has 1 amide bonds. The van der Waals surface area contributed by atoms with E-state index in [4.69, 9.17) is 4.74 Å². The third-order valence-electron chi connectivity index (χ3n) is 4.98. The lowest BCUT2D eigenvalue weighted by Gasteiger charge is -2.25. The van der Waals surface area contributed by atoms with E-state index < -0.39 is 12.0 Å². The molecule has 2 atom stereocenters. The zero-order chi connectivity index (χ0) is 18.5. The van der Waals surface area contributed by atoms with E-state index in [9.17, 15) is 14.7 Å². The summed E-state index contributed by atoms with van der Waals surface area (Å²) in [6, 6.07) is 18.9. The molecule has 0 saturated carbocycles. The van der Waals surface area contributed by atoms with Crippen molar-refractivity contribution in [2.45, 2.75) is 30.9 Å². The zero-order valence-electron chi connectivity index (χ0n) is 14.7. The molecular weight excluding hydrogens is 330 g/mol.